The summed E-state index contributed by atoms with van der Waals surface area (Å²) in [6.45, 7) is 1.92. The summed E-state index contributed by atoms with van der Waals surface area (Å²) in [6.07, 6.45) is 2.19. The van der Waals surface area contributed by atoms with Crippen molar-refractivity contribution in [1.82, 2.24) is 5.32 Å². The number of thioether (sulfide) groups is 1. The van der Waals surface area contributed by atoms with Crippen molar-refractivity contribution in [2.45, 2.75) is 23.5 Å². The highest BCUT2D eigenvalue weighted by molar-refractivity contribution is 8.00. The molecule has 0 bridgehead atoms. The summed E-state index contributed by atoms with van der Waals surface area (Å²) >= 11 is 13.5. The number of benzene rings is 4. The summed E-state index contributed by atoms with van der Waals surface area (Å²) in [4.78, 5) is 40.0. The third-order valence-electron chi connectivity index (χ3n) is 5.80. The van der Waals surface area contributed by atoms with Crippen molar-refractivity contribution in [3.8, 4) is 0 Å². The second-order valence-electron chi connectivity index (χ2n) is 8.93. The molecule has 0 heterocycles. The van der Waals surface area contributed by atoms with Gasteiger partial charge in [0.1, 0.15) is 5.70 Å². The van der Waals surface area contributed by atoms with E-state index in [0.717, 1.165) is 10.5 Å². The van der Waals surface area contributed by atoms with Gasteiger partial charge in [0.15, 0.2) is 0 Å². The Labute approximate surface area is 253 Å². The molecule has 41 heavy (non-hydrogen) atoms. The van der Waals surface area contributed by atoms with Gasteiger partial charge in [0.05, 0.1) is 5.25 Å². The highest BCUT2D eigenvalue weighted by Gasteiger charge is 2.20. The summed E-state index contributed by atoms with van der Waals surface area (Å²) in [6, 6.07) is 30.0. The van der Waals surface area contributed by atoms with E-state index in [1.165, 1.54) is 11.8 Å². The van der Waals surface area contributed by atoms with Crippen molar-refractivity contribution in [1.29, 1.82) is 0 Å². The zero-order chi connectivity index (χ0) is 29.2. The molecule has 4 rings (SSSR count). The maximum atomic E-state index is 13.4. The lowest BCUT2D eigenvalue weighted by atomic mass is 10.1. The first-order valence-electron chi connectivity index (χ1n) is 12.8. The van der Waals surface area contributed by atoms with Crippen LogP contribution in [0, 0.1) is 0 Å². The summed E-state index contributed by atoms with van der Waals surface area (Å²) in [5, 5.41) is 8.92. The third kappa shape index (κ3) is 8.98. The van der Waals surface area contributed by atoms with Crippen molar-refractivity contribution in [3.63, 3.8) is 0 Å². The maximum Gasteiger partial charge on any atom is 0.272 e. The maximum absolute atomic E-state index is 13.4. The number of carbonyl (C=O) groups excluding carboxylic acids is 3. The largest absolute Gasteiger partial charge is 0.325 e. The number of rotatable bonds is 10. The molecule has 0 fully saturated rings. The van der Waals surface area contributed by atoms with Crippen LogP contribution in [0.4, 0.5) is 11.4 Å². The highest BCUT2D eigenvalue weighted by Crippen LogP contribution is 2.30. The summed E-state index contributed by atoms with van der Waals surface area (Å²) in [5.41, 5.74) is 2.32. The molecule has 3 N–H and O–H groups in total. The first-order valence-corrected chi connectivity index (χ1v) is 14.4. The molecule has 6 nitrogen and oxygen atoms in total. The number of halogens is 2. The van der Waals surface area contributed by atoms with E-state index in [-0.39, 0.29) is 11.6 Å². The second-order valence-corrected chi connectivity index (χ2v) is 11.1. The average Bonchev–Trinajstić information content (AvgIpc) is 2.96. The summed E-state index contributed by atoms with van der Waals surface area (Å²) in [5.74, 6) is -1.07. The zero-order valence-corrected chi connectivity index (χ0v) is 24.4. The highest BCUT2D eigenvalue weighted by atomic mass is 35.5. The van der Waals surface area contributed by atoms with Gasteiger partial charge in [0, 0.05) is 31.9 Å². The smallest absolute Gasteiger partial charge is 0.272 e. The lowest BCUT2D eigenvalue weighted by molar-refractivity contribution is -0.116. The van der Waals surface area contributed by atoms with Gasteiger partial charge in [-0.25, -0.2) is 0 Å². The lowest BCUT2D eigenvalue weighted by Crippen LogP contribution is -2.30. The number of carbonyl (C=O) groups is 3. The van der Waals surface area contributed by atoms with Crippen LogP contribution in [-0.2, 0) is 9.59 Å². The van der Waals surface area contributed by atoms with Crippen LogP contribution in [0.5, 0.6) is 0 Å². The number of amides is 3. The van der Waals surface area contributed by atoms with Gasteiger partial charge in [0.2, 0.25) is 5.91 Å². The van der Waals surface area contributed by atoms with E-state index < -0.39 is 17.1 Å². The first kappa shape index (κ1) is 29.9. The van der Waals surface area contributed by atoms with E-state index in [2.05, 4.69) is 16.0 Å². The van der Waals surface area contributed by atoms with Crippen molar-refractivity contribution in [2.75, 3.05) is 10.6 Å². The van der Waals surface area contributed by atoms with Crippen LogP contribution < -0.4 is 16.0 Å². The Balaban J connectivity index is 1.48. The fraction of sp³-hybridized carbons (Fsp3) is 0.0938. The number of anilines is 2. The topological polar surface area (TPSA) is 87.3 Å². The molecule has 0 saturated heterocycles. The van der Waals surface area contributed by atoms with Gasteiger partial charge in [-0.3, -0.25) is 14.4 Å². The van der Waals surface area contributed by atoms with Gasteiger partial charge in [-0.1, -0.05) is 84.7 Å². The molecule has 0 aliphatic carbocycles. The van der Waals surface area contributed by atoms with Crippen LogP contribution in [-0.4, -0.2) is 23.0 Å². The van der Waals surface area contributed by atoms with E-state index in [1.54, 1.807) is 66.7 Å². The van der Waals surface area contributed by atoms with Crippen LogP contribution in [0.3, 0.4) is 0 Å². The molecule has 9 heteroatoms. The average molecular weight is 605 g/mol. The van der Waals surface area contributed by atoms with Gasteiger partial charge in [-0.2, -0.15) is 0 Å². The van der Waals surface area contributed by atoms with Crippen LogP contribution in [0.2, 0.25) is 10.0 Å². The molecule has 4 aromatic carbocycles. The molecular formula is C32H27Cl2N3O3S. The van der Waals surface area contributed by atoms with E-state index in [9.17, 15) is 14.4 Å². The first-order chi connectivity index (χ1) is 19.8. The fourth-order valence-electron chi connectivity index (χ4n) is 3.84. The van der Waals surface area contributed by atoms with E-state index in [1.807, 2.05) is 49.4 Å². The predicted molar refractivity (Wildman–Crippen MR) is 168 cm³/mol. The minimum Gasteiger partial charge on any atom is -0.325 e. The predicted octanol–water partition coefficient (Wildman–Crippen LogP) is 7.91. The molecule has 1 unspecified atom stereocenters. The molecule has 208 valence electrons. The minimum absolute atomic E-state index is 0.0918. The Morgan fingerprint density at radius 1 is 0.780 bits per heavy atom. The number of nitrogens with one attached hydrogen (secondary N) is 3. The Hall–Kier alpha value is -4.04. The minimum atomic E-state index is -0.483. The molecule has 0 spiro atoms. The van der Waals surface area contributed by atoms with Crippen LogP contribution >= 0.6 is 35.0 Å². The Kier molecular flexibility index (Phi) is 10.6. The third-order valence-corrected chi connectivity index (χ3v) is 7.60. The van der Waals surface area contributed by atoms with E-state index in [0.29, 0.717) is 33.4 Å². The Bertz CT molecular complexity index is 1540. The molecule has 4 aromatic rings. The molecular weight excluding hydrogens is 577 g/mol. The molecule has 0 radical (unpaired) electrons. The second kappa shape index (κ2) is 14.6. The Morgan fingerprint density at radius 2 is 1.44 bits per heavy atom. The van der Waals surface area contributed by atoms with Crippen molar-refractivity contribution in [3.05, 3.63) is 130 Å². The van der Waals surface area contributed by atoms with Crippen LogP contribution in [0.1, 0.15) is 29.3 Å². The van der Waals surface area contributed by atoms with Gasteiger partial charge >= 0.3 is 0 Å². The molecule has 0 saturated carbocycles. The Morgan fingerprint density at radius 3 is 2.10 bits per heavy atom. The van der Waals surface area contributed by atoms with Crippen LogP contribution in [0.15, 0.2) is 114 Å². The molecule has 3 amide bonds. The monoisotopic (exact) mass is 603 g/mol. The van der Waals surface area contributed by atoms with Gasteiger partial charge in [-0.05, 0) is 66.6 Å². The standard InChI is InChI=1S/C32H27Cl2N3O3S/c1-2-29(32(40)36-26-18-23(33)17-24(34)19-26)41-27-15-9-14-25(20-27)35-31(39)28(16-21-10-5-3-6-11-21)37-30(38)22-12-7-4-8-13-22/h3-20,29H,2H2,1H3,(H,35,39)(H,36,40)(H,37,38)/b28-16-. The van der Waals surface area contributed by atoms with Crippen molar-refractivity contribution >= 4 is 70.1 Å². The zero-order valence-electron chi connectivity index (χ0n) is 22.1. The SMILES string of the molecule is CCC(Sc1cccc(NC(=O)/C(=C/c2ccccc2)NC(=O)c2ccccc2)c1)C(=O)Nc1cc(Cl)cc(Cl)c1. The summed E-state index contributed by atoms with van der Waals surface area (Å²) < 4.78 is 0. The van der Waals surface area contributed by atoms with E-state index >= 15 is 0 Å². The number of hydrogen-bond donors (Lipinski definition) is 3. The van der Waals surface area contributed by atoms with Gasteiger partial charge in [0.25, 0.3) is 11.8 Å². The van der Waals surface area contributed by atoms with E-state index in [4.69, 9.17) is 23.2 Å². The van der Waals surface area contributed by atoms with Gasteiger partial charge in [-0.15, -0.1) is 11.8 Å². The normalized spacial score (nSPS) is 11.8. The van der Waals surface area contributed by atoms with Crippen molar-refractivity contribution in [2.24, 2.45) is 0 Å². The molecule has 0 aliphatic rings. The summed E-state index contributed by atoms with van der Waals surface area (Å²) in [7, 11) is 0. The van der Waals surface area contributed by atoms with Crippen LogP contribution in [0.25, 0.3) is 6.08 Å². The molecule has 0 aromatic heterocycles. The lowest BCUT2D eigenvalue weighted by Gasteiger charge is -2.16. The number of hydrogen-bond acceptors (Lipinski definition) is 4. The quantitative estimate of drug-likeness (QED) is 0.127. The van der Waals surface area contributed by atoms with Gasteiger partial charge < -0.3 is 16.0 Å². The molecule has 0 aliphatic heterocycles. The fourth-order valence-corrected chi connectivity index (χ4v) is 5.38. The van der Waals surface area contributed by atoms with Crippen molar-refractivity contribution < 1.29 is 14.4 Å². The molecule has 1 atom stereocenters.